The summed E-state index contributed by atoms with van der Waals surface area (Å²) in [5.41, 5.74) is 1.81. The molecule has 2 aromatic rings. The van der Waals surface area contributed by atoms with Crippen molar-refractivity contribution in [2.75, 3.05) is 17.9 Å². The average molecular weight is 517 g/mol. The normalized spacial score (nSPS) is 12.7. The van der Waals surface area contributed by atoms with Crippen LogP contribution in [0.15, 0.2) is 29.2 Å². The number of aryl methyl sites for hydroxylation is 2. The molecular formula is C21H22F7NO4S. The van der Waals surface area contributed by atoms with E-state index < -0.39 is 53.3 Å². The van der Waals surface area contributed by atoms with E-state index in [-0.39, 0.29) is 10.6 Å². The van der Waals surface area contributed by atoms with Gasteiger partial charge in [0, 0.05) is 18.2 Å². The fourth-order valence-corrected chi connectivity index (χ4v) is 4.65. The Morgan fingerprint density at radius 3 is 1.74 bits per heavy atom. The zero-order valence-electron chi connectivity index (χ0n) is 18.5. The van der Waals surface area contributed by atoms with E-state index in [1.54, 1.807) is 33.8 Å². The highest BCUT2D eigenvalue weighted by Crippen LogP contribution is 2.33. The maximum atomic E-state index is 13.2. The zero-order chi connectivity index (χ0) is 26.1. The molecule has 0 aliphatic carbocycles. The number of halogens is 7. The predicted molar refractivity (Wildman–Crippen MR) is 111 cm³/mol. The molecule has 0 radical (unpaired) electrons. The van der Waals surface area contributed by atoms with Crippen LogP contribution in [0.5, 0.6) is 11.5 Å². The van der Waals surface area contributed by atoms with E-state index in [0.29, 0.717) is 22.3 Å². The van der Waals surface area contributed by atoms with Crippen LogP contribution in [0, 0.1) is 27.7 Å². The number of hydrogen-bond donors (Lipinski definition) is 1. The van der Waals surface area contributed by atoms with Gasteiger partial charge in [0.25, 0.3) is 10.0 Å². The van der Waals surface area contributed by atoms with E-state index in [4.69, 9.17) is 0 Å². The van der Waals surface area contributed by atoms with Crippen molar-refractivity contribution in [1.82, 2.24) is 0 Å². The minimum atomic E-state index is -4.76. The Balaban J connectivity index is 2.47. The Morgan fingerprint density at radius 1 is 0.824 bits per heavy atom. The van der Waals surface area contributed by atoms with Crippen LogP contribution < -0.4 is 14.2 Å². The molecule has 2 rings (SSSR count). The molecule has 5 nitrogen and oxygen atoms in total. The second kappa shape index (κ2) is 9.88. The van der Waals surface area contributed by atoms with Gasteiger partial charge in [0.2, 0.25) is 0 Å². The maximum Gasteiger partial charge on any atom is 0.422 e. The Labute approximate surface area is 191 Å². The summed E-state index contributed by atoms with van der Waals surface area (Å²) in [5, 5.41) is 0. The summed E-state index contributed by atoms with van der Waals surface area (Å²) in [6.07, 6.45) is -8.81. The molecule has 0 aromatic heterocycles. The predicted octanol–water partition coefficient (Wildman–Crippen LogP) is 5.94. The first-order valence-corrected chi connectivity index (χ1v) is 11.1. The minimum absolute atomic E-state index is 0.0710. The molecule has 0 bridgehead atoms. The number of rotatable bonds is 9. The summed E-state index contributed by atoms with van der Waals surface area (Å²) in [6.45, 7) is 2.96. The van der Waals surface area contributed by atoms with Gasteiger partial charge in [-0.25, -0.2) is 17.2 Å². The van der Waals surface area contributed by atoms with Crippen LogP contribution in [-0.4, -0.2) is 40.2 Å². The van der Waals surface area contributed by atoms with E-state index in [2.05, 4.69) is 14.2 Å². The van der Waals surface area contributed by atoms with Crippen LogP contribution >= 0.6 is 0 Å². The topological polar surface area (TPSA) is 64.6 Å². The summed E-state index contributed by atoms with van der Waals surface area (Å²) in [7, 11) is -4.30. The SMILES string of the molecule is Cc1cc(C)c(C)c(S(=O)(=O)Nc2cc(OCC(F)(F)F)cc(OCC(F)(F)C(F)F)c2)c1C. The second-order valence-corrected chi connectivity index (χ2v) is 9.26. The molecule has 1 N–H and O–H groups in total. The number of benzene rings is 2. The smallest absolute Gasteiger partial charge is 0.422 e. The maximum absolute atomic E-state index is 13.2. The molecule has 0 aliphatic heterocycles. The highest BCUT2D eigenvalue weighted by Gasteiger charge is 2.41. The Morgan fingerprint density at radius 2 is 1.29 bits per heavy atom. The Kier molecular flexibility index (Phi) is 8.01. The summed E-state index contributed by atoms with van der Waals surface area (Å²) in [6, 6.07) is 4.28. The highest BCUT2D eigenvalue weighted by molar-refractivity contribution is 7.92. The van der Waals surface area contributed by atoms with Gasteiger partial charge in [-0.15, -0.1) is 0 Å². The lowest BCUT2D eigenvalue weighted by Crippen LogP contribution is -2.33. The van der Waals surface area contributed by atoms with Gasteiger partial charge in [-0.2, -0.15) is 22.0 Å². The lowest BCUT2D eigenvalue weighted by Gasteiger charge is -2.19. The van der Waals surface area contributed by atoms with Crippen molar-refractivity contribution < 1.29 is 48.6 Å². The first-order valence-electron chi connectivity index (χ1n) is 9.66. The monoisotopic (exact) mass is 517 g/mol. The number of nitrogens with one attached hydrogen (secondary N) is 1. The van der Waals surface area contributed by atoms with Gasteiger partial charge in [0.1, 0.15) is 11.5 Å². The summed E-state index contributed by atoms with van der Waals surface area (Å²) in [5.74, 6) is -5.73. The van der Waals surface area contributed by atoms with Crippen molar-refractivity contribution in [3.05, 3.63) is 46.5 Å². The van der Waals surface area contributed by atoms with Crippen LogP contribution in [0.25, 0.3) is 0 Å². The van der Waals surface area contributed by atoms with E-state index >= 15 is 0 Å². The van der Waals surface area contributed by atoms with E-state index in [1.807, 2.05) is 0 Å². The molecule has 0 saturated heterocycles. The molecule has 2 aromatic carbocycles. The number of alkyl halides is 7. The lowest BCUT2D eigenvalue weighted by molar-refractivity contribution is -0.153. The molecule has 0 aliphatic rings. The largest absolute Gasteiger partial charge is 0.487 e. The molecule has 0 spiro atoms. The Hall–Kier alpha value is -2.70. The van der Waals surface area contributed by atoms with E-state index in [9.17, 15) is 39.2 Å². The molecule has 34 heavy (non-hydrogen) atoms. The minimum Gasteiger partial charge on any atom is -0.487 e. The fraction of sp³-hybridized carbons (Fsp3) is 0.429. The van der Waals surface area contributed by atoms with Crippen LogP contribution in [-0.2, 0) is 10.0 Å². The second-order valence-electron chi connectivity index (χ2n) is 7.64. The fourth-order valence-electron chi connectivity index (χ4n) is 2.99. The molecule has 0 saturated carbocycles. The molecule has 0 heterocycles. The zero-order valence-corrected chi connectivity index (χ0v) is 19.3. The lowest BCUT2D eigenvalue weighted by atomic mass is 10.0. The first kappa shape index (κ1) is 27.5. The van der Waals surface area contributed by atoms with Gasteiger partial charge < -0.3 is 9.47 Å². The summed E-state index contributed by atoms with van der Waals surface area (Å²) in [4.78, 5) is -0.0710. The highest BCUT2D eigenvalue weighted by atomic mass is 32.2. The Bertz CT molecular complexity index is 1120. The van der Waals surface area contributed by atoms with Gasteiger partial charge in [0.05, 0.1) is 10.6 Å². The number of anilines is 1. The number of ether oxygens (including phenoxy) is 2. The van der Waals surface area contributed by atoms with Gasteiger partial charge in [0.15, 0.2) is 13.2 Å². The van der Waals surface area contributed by atoms with Crippen LogP contribution in [0.2, 0.25) is 0 Å². The summed E-state index contributed by atoms with van der Waals surface area (Å²) >= 11 is 0. The van der Waals surface area contributed by atoms with Gasteiger partial charge in [-0.1, -0.05) is 6.07 Å². The van der Waals surface area contributed by atoms with Crippen molar-refractivity contribution in [2.24, 2.45) is 0 Å². The molecule has 13 heteroatoms. The van der Waals surface area contributed by atoms with Crippen LogP contribution in [0.4, 0.5) is 36.4 Å². The van der Waals surface area contributed by atoms with Crippen molar-refractivity contribution in [3.8, 4) is 11.5 Å². The van der Waals surface area contributed by atoms with Crippen molar-refractivity contribution in [3.63, 3.8) is 0 Å². The van der Waals surface area contributed by atoms with Crippen LogP contribution in [0.3, 0.4) is 0 Å². The first-order chi connectivity index (χ1) is 15.4. The third kappa shape index (κ3) is 6.90. The van der Waals surface area contributed by atoms with Gasteiger partial charge in [-0.3, -0.25) is 4.72 Å². The quantitative estimate of drug-likeness (QED) is 0.418. The third-order valence-corrected chi connectivity index (χ3v) is 6.51. The van der Waals surface area contributed by atoms with E-state index in [1.165, 1.54) is 0 Å². The van der Waals surface area contributed by atoms with Crippen molar-refractivity contribution >= 4 is 15.7 Å². The number of sulfonamides is 1. The average Bonchev–Trinajstić information content (AvgIpc) is 2.68. The molecule has 0 amide bonds. The van der Waals surface area contributed by atoms with Crippen molar-refractivity contribution in [2.45, 2.75) is 51.1 Å². The molecule has 0 unspecified atom stereocenters. The van der Waals surface area contributed by atoms with E-state index in [0.717, 1.165) is 18.2 Å². The number of hydrogen-bond acceptors (Lipinski definition) is 4. The standard InChI is InChI=1S/C21H22F7NO4S/c1-11-5-12(2)14(4)18(13(11)3)34(30,31)29-15-6-16(32-9-20(24,25)19(22)23)8-17(7-15)33-10-21(26,27)28/h5-8,19,29H,9-10H2,1-4H3. The van der Waals surface area contributed by atoms with Gasteiger partial charge >= 0.3 is 18.5 Å². The third-order valence-electron chi connectivity index (χ3n) is 4.85. The summed E-state index contributed by atoms with van der Waals surface area (Å²) < 4.78 is 126. The molecule has 0 fully saturated rings. The van der Waals surface area contributed by atoms with Crippen molar-refractivity contribution in [1.29, 1.82) is 0 Å². The molecule has 0 atom stereocenters. The van der Waals surface area contributed by atoms with Gasteiger partial charge in [-0.05, 0) is 49.9 Å². The molecule has 190 valence electrons. The molecular weight excluding hydrogens is 495 g/mol. The van der Waals surface area contributed by atoms with Crippen LogP contribution in [0.1, 0.15) is 22.3 Å².